The van der Waals surface area contributed by atoms with Crippen LogP contribution < -0.4 is 0 Å². The quantitative estimate of drug-likeness (QED) is 0.349. The molecule has 0 unspecified atom stereocenters. The third-order valence-electron chi connectivity index (χ3n) is 3.92. The minimum absolute atomic E-state index is 0.588. The lowest BCUT2D eigenvalue weighted by Gasteiger charge is -2.05. The number of rotatable bonds is 1. The van der Waals surface area contributed by atoms with Gasteiger partial charge in [0, 0.05) is 24.0 Å². The van der Waals surface area contributed by atoms with Crippen molar-refractivity contribution in [2.75, 3.05) is 0 Å². The van der Waals surface area contributed by atoms with Crippen molar-refractivity contribution in [3.05, 3.63) is 78.2 Å². The average Bonchev–Trinajstić information content (AvgIpc) is 2.76. The first-order valence-corrected chi connectivity index (χ1v) is 10.2. The fraction of sp³-hybridized carbons (Fsp3) is 0.320. The molecule has 2 aromatic heterocycles. The second kappa shape index (κ2) is 12.6. The molecule has 4 rings (SSSR count). The van der Waals surface area contributed by atoms with Crippen molar-refractivity contribution in [1.29, 1.82) is 0 Å². The molecule has 0 spiro atoms. The standard InChI is InChI=1S/C12H13N.C9H8N2.2C2H6/c1-9(2)10-5-6-12-11(8-10)4-3-7-13-12;1-7-2-3-8-9(6-7)11-5-4-10-8;2*1-2/h3-9H,1-2H3;2-6H,1H3;2*1-2H3. The number of pyridine rings is 1. The Bertz CT molecular complexity index is 962. The highest BCUT2D eigenvalue weighted by molar-refractivity contribution is 5.79. The molecule has 0 fully saturated rings. The molecule has 2 aromatic carbocycles. The summed E-state index contributed by atoms with van der Waals surface area (Å²) in [6.45, 7) is 14.5. The molecule has 148 valence electrons. The fourth-order valence-electron chi connectivity index (χ4n) is 2.53. The Labute approximate surface area is 169 Å². The van der Waals surface area contributed by atoms with Crippen LogP contribution in [0.15, 0.2) is 67.1 Å². The Morgan fingerprint density at radius 2 is 1.25 bits per heavy atom. The van der Waals surface area contributed by atoms with E-state index in [9.17, 15) is 0 Å². The summed E-state index contributed by atoms with van der Waals surface area (Å²) in [6, 6.07) is 16.6. The molecule has 0 atom stereocenters. The van der Waals surface area contributed by atoms with Gasteiger partial charge in [-0.15, -0.1) is 0 Å². The molecule has 0 aliphatic carbocycles. The van der Waals surface area contributed by atoms with Crippen LogP contribution in [0.1, 0.15) is 58.6 Å². The van der Waals surface area contributed by atoms with Crippen molar-refractivity contribution >= 4 is 21.9 Å². The summed E-state index contributed by atoms with van der Waals surface area (Å²) in [5.41, 5.74) is 5.59. The highest BCUT2D eigenvalue weighted by Gasteiger charge is 1.99. The van der Waals surface area contributed by atoms with E-state index in [1.165, 1.54) is 16.5 Å². The maximum Gasteiger partial charge on any atom is 0.0889 e. The highest BCUT2D eigenvalue weighted by Crippen LogP contribution is 2.19. The summed E-state index contributed by atoms with van der Waals surface area (Å²) >= 11 is 0. The summed E-state index contributed by atoms with van der Waals surface area (Å²) < 4.78 is 0. The third kappa shape index (κ3) is 6.73. The van der Waals surface area contributed by atoms with Crippen molar-refractivity contribution in [3.63, 3.8) is 0 Å². The molecule has 0 amide bonds. The Balaban J connectivity index is 0.000000240. The monoisotopic (exact) mass is 375 g/mol. The van der Waals surface area contributed by atoms with Crippen molar-refractivity contribution in [1.82, 2.24) is 15.0 Å². The fourth-order valence-corrected chi connectivity index (χ4v) is 2.53. The van der Waals surface area contributed by atoms with E-state index in [4.69, 9.17) is 0 Å². The van der Waals surface area contributed by atoms with Gasteiger partial charge in [-0.25, -0.2) is 0 Å². The molecule has 0 bridgehead atoms. The van der Waals surface area contributed by atoms with E-state index < -0.39 is 0 Å². The van der Waals surface area contributed by atoms with E-state index in [0.717, 1.165) is 16.6 Å². The topological polar surface area (TPSA) is 38.7 Å². The van der Waals surface area contributed by atoms with Crippen LogP contribution in [-0.4, -0.2) is 15.0 Å². The van der Waals surface area contributed by atoms with E-state index >= 15 is 0 Å². The van der Waals surface area contributed by atoms with E-state index in [-0.39, 0.29) is 0 Å². The molecular weight excluding hydrogens is 342 g/mol. The van der Waals surface area contributed by atoms with Gasteiger partial charge in [0.15, 0.2) is 0 Å². The van der Waals surface area contributed by atoms with Crippen LogP contribution in [0.5, 0.6) is 0 Å². The van der Waals surface area contributed by atoms with Crippen molar-refractivity contribution < 1.29 is 0 Å². The van der Waals surface area contributed by atoms with E-state index in [2.05, 4.69) is 53.1 Å². The summed E-state index contributed by atoms with van der Waals surface area (Å²) in [5, 5.41) is 1.23. The molecule has 0 saturated heterocycles. The van der Waals surface area contributed by atoms with Gasteiger partial charge in [0.1, 0.15) is 0 Å². The minimum atomic E-state index is 0.588. The summed E-state index contributed by atoms with van der Waals surface area (Å²) in [4.78, 5) is 12.6. The molecule has 0 saturated carbocycles. The molecule has 3 nitrogen and oxygen atoms in total. The molecule has 3 heteroatoms. The van der Waals surface area contributed by atoms with Crippen molar-refractivity contribution in [2.24, 2.45) is 0 Å². The van der Waals surface area contributed by atoms with Gasteiger partial charge in [-0.2, -0.15) is 0 Å². The molecule has 28 heavy (non-hydrogen) atoms. The Hall–Kier alpha value is -2.81. The molecule has 0 N–H and O–H groups in total. The van der Waals surface area contributed by atoms with E-state index in [0.29, 0.717) is 5.92 Å². The van der Waals surface area contributed by atoms with Crippen molar-refractivity contribution in [3.8, 4) is 0 Å². The summed E-state index contributed by atoms with van der Waals surface area (Å²) in [7, 11) is 0. The number of aryl methyl sites for hydroxylation is 1. The highest BCUT2D eigenvalue weighted by atomic mass is 14.8. The number of nitrogens with zero attached hydrogens (tertiary/aromatic N) is 3. The predicted molar refractivity (Wildman–Crippen MR) is 123 cm³/mol. The Kier molecular flexibility index (Phi) is 10.4. The number of hydrogen-bond donors (Lipinski definition) is 0. The van der Waals surface area contributed by atoms with Gasteiger partial charge in [0.05, 0.1) is 16.6 Å². The van der Waals surface area contributed by atoms with Crippen LogP contribution in [0.3, 0.4) is 0 Å². The van der Waals surface area contributed by atoms with Gasteiger partial charge in [-0.3, -0.25) is 15.0 Å². The van der Waals surface area contributed by atoms with Crippen LogP contribution in [-0.2, 0) is 0 Å². The zero-order chi connectivity index (χ0) is 20.9. The van der Waals surface area contributed by atoms with Crippen LogP contribution in [0.25, 0.3) is 21.9 Å². The zero-order valence-electron chi connectivity index (χ0n) is 18.3. The molecular formula is C25H33N3. The molecule has 0 aliphatic rings. The van der Waals surface area contributed by atoms with Crippen LogP contribution in [0, 0.1) is 6.92 Å². The average molecular weight is 376 g/mol. The number of fused-ring (bicyclic) bond motifs is 2. The first-order chi connectivity index (χ1) is 13.6. The van der Waals surface area contributed by atoms with Crippen molar-refractivity contribution in [2.45, 2.75) is 54.4 Å². The largest absolute Gasteiger partial charge is 0.256 e. The number of benzene rings is 2. The lowest BCUT2D eigenvalue weighted by atomic mass is 10.0. The van der Waals surface area contributed by atoms with Gasteiger partial charge in [-0.1, -0.05) is 59.7 Å². The second-order valence-electron chi connectivity index (χ2n) is 6.16. The number of hydrogen-bond acceptors (Lipinski definition) is 3. The van der Waals surface area contributed by atoms with E-state index in [1.54, 1.807) is 12.4 Å². The third-order valence-corrected chi connectivity index (χ3v) is 3.92. The predicted octanol–water partition coefficient (Wildman–Crippen LogP) is 7.35. The van der Waals surface area contributed by atoms with Crippen LogP contribution in [0.2, 0.25) is 0 Å². The lowest BCUT2D eigenvalue weighted by Crippen LogP contribution is -1.87. The molecule has 2 heterocycles. The first kappa shape index (κ1) is 23.2. The lowest BCUT2D eigenvalue weighted by molar-refractivity contribution is 0.868. The van der Waals surface area contributed by atoms with Gasteiger partial charge in [-0.05, 0) is 54.3 Å². The van der Waals surface area contributed by atoms with Crippen LogP contribution >= 0.6 is 0 Å². The zero-order valence-corrected chi connectivity index (χ0v) is 18.3. The number of aromatic nitrogens is 3. The van der Waals surface area contributed by atoms with Gasteiger partial charge in [0.2, 0.25) is 0 Å². The van der Waals surface area contributed by atoms with Gasteiger partial charge in [0.25, 0.3) is 0 Å². The smallest absolute Gasteiger partial charge is 0.0889 e. The molecule has 0 aliphatic heterocycles. The molecule has 0 radical (unpaired) electrons. The normalized spacial score (nSPS) is 9.57. The van der Waals surface area contributed by atoms with Gasteiger partial charge >= 0.3 is 0 Å². The minimum Gasteiger partial charge on any atom is -0.256 e. The maximum absolute atomic E-state index is 4.28. The second-order valence-corrected chi connectivity index (χ2v) is 6.16. The maximum atomic E-state index is 4.28. The summed E-state index contributed by atoms with van der Waals surface area (Å²) in [5.74, 6) is 0.588. The van der Waals surface area contributed by atoms with Crippen LogP contribution in [0.4, 0.5) is 0 Å². The summed E-state index contributed by atoms with van der Waals surface area (Å²) in [6.07, 6.45) is 5.25. The molecule has 4 aromatic rings. The van der Waals surface area contributed by atoms with Gasteiger partial charge < -0.3 is 0 Å². The Morgan fingerprint density at radius 3 is 1.93 bits per heavy atom. The first-order valence-electron chi connectivity index (χ1n) is 10.2. The van der Waals surface area contributed by atoms with E-state index in [1.807, 2.05) is 65.1 Å². The Morgan fingerprint density at radius 1 is 0.643 bits per heavy atom. The SMILES string of the molecule is CC.CC.CC(C)c1ccc2ncccc2c1.Cc1ccc2nccnc2c1.